The Morgan fingerprint density at radius 3 is 2.68 bits per heavy atom. The van der Waals surface area contributed by atoms with Crippen molar-refractivity contribution in [1.29, 1.82) is 0 Å². The van der Waals surface area contributed by atoms with Gasteiger partial charge in [0.05, 0.1) is 24.6 Å². The summed E-state index contributed by atoms with van der Waals surface area (Å²) in [6.45, 7) is 8.71. The zero-order chi connectivity index (χ0) is 25.9. The Morgan fingerprint density at radius 1 is 1.16 bits per heavy atom. The molecule has 190 valence electrons. The lowest BCUT2D eigenvalue weighted by Crippen LogP contribution is -2.36. The molecule has 1 aromatic carbocycles. The number of hydrogen-bond donors (Lipinski definition) is 1. The third-order valence-electron chi connectivity index (χ3n) is 6.70. The fraction of sp³-hybridized carbons (Fsp3) is 0.367. The second-order valence-corrected chi connectivity index (χ2v) is 9.96. The van der Waals surface area contributed by atoms with Crippen LogP contribution in [0.1, 0.15) is 59.9 Å². The van der Waals surface area contributed by atoms with E-state index in [1.807, 2.05) is 20.8 Å². The number of halogens is 1. The van der Waals surface area contributed by atoms with Gasteiger partial charge in [0.15, 0.2) is 0 Å². The SMILES string of the molecule is Cc1cc(F)c(NC(=O)c2ccnc(C(C)C)c2)cc1-c1cnc(C#CC2CC2)c(N2CCOCC2)c1. The number of aryl methyl sites for hydroxylation is 1. The summed E-state index contributed by atoms with van der Waals surface area (Å²) in [6.07, 6.45) is 5.69. The smallest absolute Gasteiger partial charge is 0.255 e. The Balaban J connectivity index is 1.48. The molecule has 5 rings (SSSR count). The third kappa shape index (κ3) is 5.81. The van der Waals surface area contributed by atoms with Gasteiger partial charge in [0.1, 0.15) is 11.5 Å². The highest BCUT2D eigenvalue weighted by molar-refractivity contribution is 6.04. The number of benzene rings is 1. The molecule has 2 aliphatic rings. The maximum absolute atomic E-state index is 15.0. The summed E-state index contributed by atoms with van der Waals surface area (Å²) in [6, 6.07) is 8.58. The molecule has 0 spiro atoms. The first-order chi connectivity index (χ1) is 17.9. The van der Waals surface area contributed by atoms with Crippen molar-refractivity contribution in [2.24, 2.45) is 5.92 Å². The number of nitrogens with one attached hydrogen (secondary N) is 1. The standard InChI is InChI=1S/C30H31FN4O2/c1-19(2)27-15-22(8-9-32-27)30(36)34-28-17-24(20(3)14-25(28)31)23-16-29(35-10-12-37-13-11-35)26(33-18-23)7-6-21-4-5-21/h8-9,14-19,21H,4-5,10-13H2,1-3H3,(H,34,36). The van der Waals surface area contributed by atoms with Gasteiger partial charge in [0, 0.05) is 48.2 Å². The summed E-state index contributed by atoms with van der Waals surface area (Å²) in [5.41, 5.74) is 5.49. The van der Waals surface area contributed by atoms with Crippen LogP contribution < -0.4 is 10.2 Å². The van der Waals surface area contributed by atoms with Gasteiger partial charge in [-0.1, -0.05) is 19.8 Å². The van der Waals surface area contributed by atoms with Crippen molar-refractivity contribution in [3.05, 3.63) is 71.1 Å². The number of ether oxygens (including phenoxy) is 1. The summed E-state index contributed by atoms with van der Waals surface area (Å²) in [5, 5.41) is 2.75. The molecule has 2 aromatic heterocycles. The quantitative estimate of drug-likeness (QED) is 0.466. The van der Waals surface area contributed by atoms with Crippen molar-refractivity contribution in [2.45, 2.75) is 39.5 Å². The van der Waals surface area contributed by atoms with Gasteiger partial charge in [-0.05, 0) is 73.1 Å². The minimum Gasteiger partial charge on any atom is -0.378 e. The average molecular weight is 499 g/mol. The van der Waals surface area contributed by atoms with Crippen LogP contribution in [0.15, 0.2) is 42.7 Å². The van der Waals surface area contributed by atoms with Crippen LogP contribution in [0.25, 0.3) is 11.1 Å². The molecule has 1 aliphatic heterocycles. The van der Waals surface area contributed by atoms with Crippen molar-refractivity contribution < 1.29 is 13.9 Å². The van der Waals surface area contributed by atoms with Crippen LogP contribution in [0.5, 0.6) is 0 Å². The molecule has 0 bridgehead atoms. The van der Waals surface area contributed by atoms with Crippen LogP contribution in [-0.2, 0) is 4.74 Å². The Labute approximate surface area is 217 Å². The van der Waals surface area contributed by atoms with Crippen LogP contribution in [-0.4, -0.2) is 42.2 Å². The molecule has 2 fully saturated rings. The number of carbonyl (C=O) groups is 1. The van der Waals surface area contributed by atoms with Gasteiger partial charge < -0.3 is 15.0 Å². The molecule has 1 saturated heterocycles. The molecule has 6 nitrogen and oxygen atoms in total. The van der Waals surface area contributed by atoms with E-state index in [0.717, 1.165) is 59.7 Å². The van der Waals surface area contributed by atoms with E-state index in [1.165, 1.54) is 6.07 Å². The summed E-state index contributed by atoms with van der Waals surface area (Å²) < 4.78 is 20.5. The first kappa shape index (κ1) is 24.9. The van der Waals surface area contributed by atoms with Gasteiger partial charge in [0.25, 0.3) is 5.91 Å². The number of carbonyl (C=O) groups excluding carboxylic acids is 1. The summed E-state index contributed by atoms with van der Waals surface area (Å²) in [7, 11) is 0. The first-order valence-electron chi connectivity index (χ1n) is 12.8. The number of nitrogens with zero attached hydrogens (tertiary/aromatic N) is 3. The van der Waals surface area contributed by atoms with Gasteiger partial charge in [-0.15, -0.1) is 0 Å². The first-order valence-corrected chi connectivity index (χ1v) is 12.8. The number of rotatable bonds is 5. The summed E-state index contributed by atoms with van der Waals surface area (Å²) in [5.74, 6) is 6.38. The summed E-state index contributed by atoms with van der Waals surface area (Å²) in [4.78, 5) is 24.2. The van der Waals surface area contributed by atoms with Crippen molar-refractivity contribution in [3.63, 3.8) is 0 Å². The maximum Gasteiger partial charge on any atom is 0.255 e. The van der Waals surface area contributed by atoms with Gasteiger partial charge in [-0.2, -0.15) is 0 Å². The van der Waals surface area contributed by atoms with E-state index in [2.05, 4.69) is 33.1 Å². The molecular formula is C30H31FN4O2. The zero-order valence-corrected chi connectivity index (χ0v) is 21.5. The number of morpholine rings is 1. The molecule has 0 atom stereocenters. The highest BCUT2D eigenvalue weighted by atomic mass is 19.1. The van der Waals surface area contributed by atoms with Crippen molar-refractivity contribution in [1.82, 2.24) is 9.97 Å². The Morgan fingerprint density at radius 2 is 1.95 bits per heavy atom. The highest BCUT2D eigenvalue weighted by Crippen LogP contribution is 2.33. The van der Waals surface area contributed by atoms with E-state index in [9.17, 15) is 9.18 Å². The fourth-order valence-corrected chi connectivity index (χ4v) is 4.32. The molecule has 1 saturated carbocycles. The predicted molar refractivity (Wildman–Crippen MR) is 143 cm³/mol. The molecule has 0 radical (unpaired) electrons. The number of aromatic nitrogens is 2. The number of pyridine rings is 2. The normalized spacial score (nSPS) is 15.3. The van der Waals surface area contributed by atoms with Crippen LogP contribution in [0.3, 0.4) is 0 Å². The second kappa shape index (κ2) is 10.7. The van der Waals surface area contributed by atoms with Crippen molar-refractivity contribution >= 4 is 17.3 Å². The fourth-order valence-electron chi connectivity index (χ4n) is 4.32. The number of hydrogen-bond acceptors (Lipinski definition) is 5. The minimum absolute atomic E-state index is 0.124. The minimum atomic E-state index is -0.485. The molecular weight excluding hydrogens is 467 g/mol. The zero-order valence-electron chi connectivity index (χ0n) is 21.5. The molecule has 1 amide bonds. The third-order valence-corrected chi connectivity index (χ3v) is 6.70. The van der Waals surface area contributed by atoms with Gasteiger partial charge >= 0.3 is 0 Å². The Kier molecular flexibility index (Phi) is 7.20. The van der Waals surface area contributed by atoms with E-state index in [0.29, 0.717) is 24.7 Å². The second-order valence-electron chi connectivity index (χ2n) is 9.96. The largest absolute Gasteiger partial charge is 0.378 e. The molecule has 1 N–H and O–H groups in total. The van der Waals surface area contributed by atoms with E-state index in [1.54, 1.807) is 30.6 Å². The molecule has 37 heavy (non-hydrogen) atoms. The maximum atomic E-state index is 15.0. The Hall–Kier alpha value is -3.76. The summed E-state index contributed by atoms with van der Waals surface area (Å²) >= 11 is 0. The Bertz CT molecular complexity index is 1380. The van der Waals surface area contributed by atoms with Crippen LogP contribution in [0.2, 0.25) is 0 Å². The molecule has 1 aliphatic carbocycles. The topological polar surface area (TPSA) is 67.4 Å². The lowest BCUT2D eigenvalue weighted by Gasteiger charge is -2.29. The van der Waals surface area contributed by atoms with Crippen LogP contribution in [0, 0.1) is 30.5 Å². The van der Waals surface area contributed by atoms with Crippen molar-refractivity contribution in [3.8, 4) is 23.0 Å². The number of anilines is 2. The lowest BCUT2D eigenvalue weighted by molar-refractivity contribution is 0.102. The predicted octanol–water partition coefficient (Wildman–Crippen LogP) is 5.56. The van der Waals surface area contributed by atoms with Gasteiger partial charge in [-0.3, -0.25) is 9.78 Å². The van der Waals surface area contributed by atoms with E-state index >= 15 is 0 Å². The van der Waals surface area contributed by atoms with Gasteiger partial charge in [-0.25, -0.2) is 9.37 Å². The number of amides is 1. The lowest BCUT2D eigenvalue weighted by atomic mass is 9.99. The molecule has 3 aromatic rings. The van der Waals surface area contributed by atoms with E-state index < -0.39 is 5.82 Å². The van der Waals surface area contributed by atoms with E-state index in [-0.39, 0.29) is 17.5 Å². The molecule has 7 heteroatoms. The molecule has 3 heterocycles. The van der Waals surface area contributed by atoms with Gasteiger partial charge in [0.2, 0.25) is 0 Å². The van der Waals surface area contributed by atoms with Crippen LogP contribution >= 0.6 is 0 Å². The highest BCUT2D eigenvalue weighted by Gasteiger charge is 2.21. The average Bonchev–Trinajstić information content (AvgIpc) is 3.74. The monoisotopic (exact) mass is 498 g/mol. The van der Waals surface area contributed by atoms with Crippen LogP contribution in [0.4, 0.5) is 15.8 Å². The molecule has 0 unspecified atom stereocenters. The van der Waals surface area contributed by atoms with Crippen molar-refractivity contribution in [2.75, 3.05) is 36.5 Å². The van der Waals surface area contributed by atoms with E-state index in [4.69, 9.17) is 9.72 Å².